The molecule has 3 aromatic heterocycles. The van der Waals surface area contributed by atoms with Crippen LogP contribution >= 0.6 is 27.3 Å². The van der Waals surface area contributed by atoms with Crippen LogP contribution in [0.3, 0.4) is 0 Å². The third-order valence-corrected chi connectivity index (χ3v) is 5.39. The van der Waals surface area contributed by atoms with E-state index in [1.807, 2.05) is 4.98 Å². The standard InChI is InChI=1S/C16H7BrF3N3O2S.H2O/c17-7-3-1-6(2-4-7)9-5-8(16(18,19)20)10-11-12(26-14(10)21-9)13(24)23-15(25)22-11;/h1-5H,(H2,22,23,24,25);1H2. The summed E-state index contributed by atoms with van der Waals surface area (Å²) in [4.78, 5) is 32.1. The molecule has 0 aliphatic rings. The number of rotatable bonds is 1. The average molecular weight is 460 g/mol. The molecule has 0 fully saturated rings. The smallest absolute Gasteiger partial charge is 0.412 e. The molecule has 1 aromatic carbocycles. The van der Waals surface area contributed by atoms with Gasteiger partial charge in [-0.2, -0.15) is 13.2 Å². The molecule has 27 heavy (non-hydrogen) atoms. The van der Waals surface area contributed by atoms with Crippen molar-refractivity contribution < 1.29 is 18.6 Å². The first-order valence-electron chi connectivity index (χ1n) is 7.17. The number of alkyl halides is 3. The number of thiophene rings is 1. The number of benzene rings is 1. The van der Waals surface area contributed by atoms with E-state index in [4.69, 9.17) is 0 Å². The van der Waals surface area contributed by atoms with Crippen LogP contribution in [0.4, 0.5) is 13.2 Å². The first-order chi connectivity index (χ1) is 12.2. The van der Waals surface area contributed by atoms with Gasteiger partial charge in [-0.3, -0.25) is 9.78 Å². The number of hydrogen-bond acceptors (Lipinski definition) is 4. The van der Waals surface area contributed by atoms with E-state index in [1.165, 1.54) is 0 Å². The van der Waals surface area contributed by atoms with Crippen molar-refractivity contribution in [2.75, 3.05) is 0 Å². The molecule has 0 saturated carbocycles. The van der Waals surface area contributed by atoms with Crippen LogP contribution in [0.25, 0.3) is 31.7 Å². The van der Waals surface area contributed by atoms with E-state index in [-0.39, 0.29) is 31.6 Å². The number of H-pyrrole nitrogens is 2. The van der Waals surface area contributed by atoms with Crippen molar-refractivity contribution in [3.05, 3.63) is 61.2 Å². The van der Waals surface area contributed by atoms with Crippen LogP contribution in [0.1, 0.15) is 5.56 Å². The number of halogens is 4. The lowest BCUT2D eigenvalue weighted by Crippen LogP contribution is -2.20. The highest BCUT2D eigenvalue weighted by atomic mass is 79.9. The normalized spacial score (nSPS) is 11.7. The van der Waals surface area contributed by atoms with Crippen LogP contribution in [-0.2, 0) is 6.18 Å². The zero-order valence-corrected chi connectivity index (χ0v) is 15.5. The maximum atomic E-state index is 13.7. The second-order valence-corrected chi connectivity index (χ2v) is 7.37. The van der Waals surface area contributed by atoms with Gasteiger partial charge in [-0.05, 0) is 18.2 Å². The maximum absolute atomic E-state index is 13.7. The SMILES string of the molecule is O.O=c1[nH]c(=O)c2sc3nc(-c4ccc(Br)cc4)cc(C(F)(F)F)c3c2[nH]1. The summed E-state index contributed by atoms with van der Waals surface area (Å²) >= 11 is 4.08. The minimum absolute atomic E-state index is 0. The van der Waals surface area contributed by atoms with E-state index >= 15 is 0 Å². The highest BCUT2D eigenvalue weighted by Gasteiger charge is 2.35. The number of fused-ring (bicyclic) bond motifs is 3. The quantitative estimate of drug-likeness (QED) is 0.454. The predicted octanol–water partition coefficient (Wildman–Crippen LogP) is 3.45. The summed E-state index contributed by atoms with van der Waals surface area (Å²) in [6.07, 6.45) is -4.68. The molecule has 4 rings (SSSR count). The van der Waals surface area contributed by atoms with Crippen LogP contribution in [0.15, 0.2) is 44.4 Å². The number of pyridine rings is 1. The Hall–Kier alpha value is -2.50. The first kappa shape index (κ1) is 19.3. The molecule has 0 unspecified atom stereocenters. The van der Waals surface area contributed by atoms with Crippen LogP contribution in [0.5, 0.6) is 0 Å². The molecular formula is C16H9BrF3N3O3S. The lowest BCUT2D eigenvalue weighted by molar-refractivity contribution is -0.136. The Balaban J connectivity index is 0.00000210. The van der Waals surface area contributed by atoms with Crippen molar-refractivity contribution in [3.8, 4) is 11.3 Å². The zero-order valence-electron chi connectivity index (χ0n) is 13.1. The van der Waals surface area contributed by atoms with Gasteiger partial charge in [0, 0.05) is 15.4 Å². The number of aromatic amines is 2. The number of aromatic nitrogens is 3. The van der Waals surface area contributed by atoms with Crippen LogP contribution in [-0.4, -0.2) is 20.4 Å². The molecule has 0 atom stereocenters. The highest BCUT2D eigenvalue weighted by molar-refractivity contribution is 9.10. The molecule has 4 N–H and O–H groups in total. The molecule has 6 nitrogen and oxygen atoms in total. The zero-order chi connectivity index (χ0) is 18.6. The van der Waals surface area contributed by atoms with Gasteiger partial charge < -0.3 is 10.5 Å². The van der Waals surface area contributed by atoms with Gasteiger partial charge in [-0.1, -0.05) is 28.1 Å². The third kappa shape index (κ3) is 3.29. The van der Waals surface area contributed by atoms with Crippen LogP contribution in [0.2, 0.25) is 0 Å². The Morgan fingerprint density at radius 3 is 2.37 bits per heavy atom. The summed E-state index contributed by atoms with van der Waals surface area (Å²) < 4.78 is 41.8. The van der Waals surface area contributed by atoms with Gasteiger partial charge in [0.15, 0.2) is 0 Å². The summed E-state index contributed by atoms with van der Waals surface area (Å²) in [6.45, 7) is 0. The van der Waals surface area contributed by atoms with Gasteiger partial charge in [-0.15, -0.1) is 11.3 Å². The molecule has 3 heterocycles. The second-order valence-electron chi connectivity index (χ2n) is 5.45. The molecular weight excluding hydrogens is 451 g/mol. The van der Waals surface area contributed by atoms with Crippen molar-refractivity contribution in [1.82, 2.24) is 15.0 Å². The molecule has 0 bridgehead atoms. The van der Waals surface area contributed by atoms with Gasteiger partial charge in [0.1, 0.15) is 9.53 Å². The Morgan fingerprint density at radius 2 is 1.74 bits per heavy atom. The third-order valence-electron chi connectivity index (χ3n) is 3.78. The molecule has 0 aliphatic heterocycles. The van der Waals surface area contributed by atoms with E-state index < -0.39 is 23.0 Å². The fraction of sp³-hybridized carbons (Fsp3) is 0.0625. The molecule has 0 aliphatic carbocycles. The molecule has 0 saturated heterocycles. The van der Waals surface area contributed by atoms with E-state index in [2.05, 4.69) is 25.9 Å². The summed E-state index contributed by atoms with van der Waals surface area (Å²) in [5.41, 5.74) is -2.09. The second kappa shape index (κ2) is 6.59. The largest absolute Gasteiger partial charge is 0.417 e. The lowest BCUT2D eigenvalue weighted by Gasteiger charge is -2.11. The Kier molecular flexibility index (Phi) is 4.70. The van der Waals surface area contributed by atoms with E-state index in [9.17, 15) is 22.8 Å². The molecule has 0 amide bonds. The van der Waals surface area contributed by atoms with Crippen LogP contribution < -0.4 is 11.2 Å². The van der Waals surface area contributed by atoms with Crippen molar-refractivity contribution in [2.24, 2.45) is 0 Å². The highest BCUT2D eigenvalue weighted by Crippen LogP contribution is 2.41. The minimum atomic E-state index is -4.68. The summed E-state index contributed by atoms with van der Waals surface area (Å²) in [6, 6.07) is 7.60. The fourth-order valence-corrected chi connectivity index (χ4v) is 3.99. The molecule has 140 valence electrons. The first-order valence-corrected chi connectivity index (χ1v) is 8.78. The number of nitrogens with zero attached hydrogens (tertiary/aromatic N) is 1. The fourth-order valence-electron chi connectivity index (χ4n) is 2.67. The van der Waals surface area contributed by atoms with Gasteiger partial charge in [0.25, 0.3) is 5.56 Å². The van der Waals surface area contributed by atoms with E-state index in [0.717, 1.165) is 21.9 Å². The average Bonchev–Trinajstić information content (AvgIpc) is 2.92. The number of hydrogen-bond donors (Lipinski definition) is 2. The monoisotopic (exact) mass is 459 g/mol. The topological polar surface area (TPSA) is 110 Å². The van der Waals surface area contributed by atoms with Crippen molar-refractivity contribution in [2.45, 2.75) is 6.18 Å². The molecule has 0 radical (unpaired) electrons. The Morgan fingerprint density at radius 1 is 1.07 bits per heavy atom. The Bertz CT molecular complexity index is 1280. The van der Waals surface area contributed by atoms with Gasteiger partial charge >= 0.3 is 11.9 Å². The molecule has 0 spiro atoms. The molecule has 4 aromatic rings. The van der Waals surface area contributed by atoms with Gasteiger partial charge in [0.2, 0.25) is 0 Å². The predicted molar refractivity (Wildman–Crippen MR) is 100 cm³/mol. The van der Waals surface area contributed by atoms with E-state index in [1.54, 1.807) is 24.3 Å². The van der Waals surface area contributed by atoms with Gasteiger partial charge in [0.05, 0.1) is 16.8 Å². The lowest BCUT2D eigenvalue weighted by atomic mass is 10.1. The Labute approximate surface area is 160 Å². The van der Waals surface area contributed by atoms with Crippen molar-refractivity contribution in [3.63, 3.8) is 0 Å². The van der Waals surface area contributed by atoms with Crippen LogP contribution in [0, 0.1) is 0 Å². The minimum Gasteiger partial charge on any atom is -0.412 e. The molecule has 11 heteroatoms. The maximum Gasteiger partial charge on any atom is 0.417 e. The summed E-state index contributed by atoms with van der Waals surface area (Å²) in [7, 11) is 0. The number of nitrogens with one attached hydrogen (secondary N) is 2. The van der Waals surface area contributed by atoms with Gasteiger partial charge in [-0.25, -0.2) is 9.78 Å². The summed E-state index contributed by atoms with van der Waals surface area (Å²) in [5.74, 6) is 0. The summed E-state index contributed by atoms with van der Waals surface area (Å²) in [5, 5.41) is -0.276. The van der Waals surface area contributed by atoms with Crippen molar-refractivity contribution in [1.29, 1.82) is 0 Å². The van der Waals surface area contributed by atoms with Crippen molar-refractivity contribution >= 4 is 47.7 Å². The van der Waals surface area contributed by atoms with E-state index in [0.29, 0.717) is 5.56 Å².